The molecule has 0 spiro atoms. The lowest BCUT2D eigenvalue weighted by Gasteiger charge is -1.99. The van der Waals surface area contributed by atoms with E-state index in [-0.39, 0.29) is 6.42 Å². The molecule has 0 saturated carbocycles. The third-order valence-corrected chi connectivity index (χ3v) is 1.90. The summed E-state index contributed by atoms with van der Waals surface area (Å²) in [6.45, 7) is 0. The van der Waals surface area contributed by atoms with E-state index in [1.807, 2.05) is 6.07 Å². The highest BCUT2D eigenvalue weighted by molar-refractivity contribution is 6.01. The molecule has 1 aliphatic heterocycles. The van der Waals surface area contributed by atoms with Crippen LogP contribution in [-0.2, 0) is 9.63 Å². The molecule has 2 heterocycles. The van der Waals surface area contributed by atoms with Gasteiger partial charge in [0.25, 0.3) is 0 Å². The van der Waals surface area contributed by atoms with Crippen LogP contribution in [0.4, 0.5) is 0 Å². The summed E-state index contributed by atoms with van der Waals surface area (Å²) >= 11 is 0. The molecule has 5 nitrogen and oxygen atoms in total. The highest BCUT2D eigenvalue weighted by atomic mass is 16.7. The normalized spacial score (nSPS) is 20.0. The number of carboxylic acids is 1. The average Bonchev–Trinajstić information content (AvgIpc) is 2.68. The Kier molecular flexibility index (Phi) is 2.14. The van der Waals surface area contributed by atoms with Crippen molar-refractivity contribution >= 4 is 11.7 Å². The lowest BCUT2D eigenvalue weighted by molar-refractivity contribution is -0.148. The van der Waals surface area contributed by atoms with E-state index in [1.165, 1.54) is 0 Å². The highest BCUT2D eigenvalue weighted by Gasteiger charge is 2.28. The van der Waals surface area contributed by atoms with Gasteiger partial charge in [-0.1, -0.05) is 11.2 Å². The molecular weight excluding hydrogens is 184 g/mol. The second-order valence-electron chi connectivity index (χ2n) is 2.89. The van der Waals surface area contributed by atoms with Gasteiger partial charge in [0.05, 0.1) is 5.69 Å². The Morgan fingerprint density at radius 1 is 1.57 bits per heavy atom. The molecule has 1 aromatic rings. The topological polar surface area (TPSA) is 71.8 Å². The Morgan fingerprint density at radius 2 is 2.43 bits per heavy atom. The lowest BCUT2D eigenvalue weighted by atomic mass is 10.1. The Labute approximate surface area is 80.0 Å². The molecule has 1 aromatic heterocycles. The number of aromatic nitrogens is 1. The first-order chi connectivity index (χ1) is 6.77. The monoisotopic (exact) mass is 192 g/mol. The second-order valence-corrected chi connectivity index (χ2v) is 2.89. The Hall–Kier alpha value is -1.91. The van der Waals surface area contributed by atoms with Gasteiger partial charge in [-0.3, -0.25) is 4.98 Å². The zero-order chi connectivity index (χ0) is 9.97. The van der Waals surface area contributed by atoms with Crippen LogP contribution in [0.3, 0.4) is 0 Å². The standard InChI is InChI=1S/C9H8N2O3/c12-9(13)8-5-7(11-14-8)6-3-1-2-4-10-6/h1-4,8H,5H2,(H,12,13). The first kappa shape index (κ1) is 8.68. The van der Waals surface area contributed by atoms with Crippen LogP contribution in [0.15, 0.2) is 29.6 Å². The number of nitrogens with zero attached hydrogens (tertiary/aromatic N) is 2. The molecule has 14 heavy (non-hydrogen) atoms. The van der Waals surface area contributed by atoms with E-state index in [0.29, 0.717) is 11.4 Å². The van der Waals surface area contributed by atoms with E-state index < -0.39 is 12.1 Å². The Balaban J connectivity index is 2.13. The molecule has 1 atom stereocenters. The van der Waals surface area contributed by atoms with Gasteiger partial charge < -0.3 is 9.94 Å². The molecule has 1 aliphatic rings. The maximum absolute atomic E-state index is 10.6. The number of carbonyl (C=O) groups is 1. The van der Waals surface area contributed by atoms with E-state index in [1.54, 1.807) is 18.3 Å². The van der Waals surface area contributed by atoms with Crippen molar-refractivity contribution in [3.8, 4) is 0 Å². The molecule has 1 unspecified atom stereocenters. The van der Waals surface area contributed by atoms with Crippen LogP contribution in [0.1, 0.15) is 12.1 Å². The molecule has 0 fully saturated rings. The van der Waals surface area contributed by atoms with Crippen LogP contribution in [0.2, 0.25) is 0 Å². The third-order valence-electron chi connectivity index (χ3n) is 1.90. The Bertz CT molecular complexity index is 375. The number of pyridine rings is 1. The average molecular weight is 192 g/mol. The highest BCUT2D eigenvalue weighted by Crippen LogP contribution is 2.14. The van der Waals surface area contributed by atoms with Crippen molar-refractivity contribution < 1.29 is 14.7 Å². The zero-order valence-electron chi connectivity index (χ0n) is 7.25. The van der Waals surface area contributed by atoms with Gasteiger partial charge in [-0.2, -0.15) is 0 Å². The van der Waals surface area contributed by atoms with Gasteiger partial charge >= 0.3 is 5.97 Å². The number of hydrogen-bond donors (Lipinski definition) is 1. The van der Waals surface area contributed by atoms with Gasteiger partial charge in [-0.15, -0.1) is 0 Å². The van der Waals surface area contributed by atoms with E-state index in [4.69, 9.17) is 9.94 Å². The van der Waals surface area contributed by atoms with Gasteiger partial charge in [0.2, 0.25) is 6.10 Å². The van der Waals surface area contributed by atoms with Gasteiger partial charge in [0.1, 0.15) is 5.71 Å². The number of rotatable bonds is 2. The van der Waals surface area contributed by atoms with Crippen molar-refractivity contribution in [2.75, 3.05) is 0 Å². The molecule has 0 aliphatic carbocycles. The van der Waals surface area contributed by atoms with Crippen molar-refractivity contribution in [2.45, 2.75) is 12.5 Å². The van der Waals surface area contributed by atoms with Gasteiger partial charge in [-0.25, -0.2) is 4.79 Å². The molecule has 2 rings (SSSR count). The zero-order valence-corrected chi connectivity index (χ0v) is 7.25. The molecule has 0 saturated heterocycles. The van der Waals surface area contributed by atoms with E-state index in [9.17, 15) is 4.79 Å². The van der Waals surface area contributed by atoms with Crippen LogP contribution < -0.4 is 0 Å². The van der Waals surface area contributed by atoms with Crippen molar-refractivity contribution in [3.63, 3.8) is 0 Å². The molecule has 0 aromatic carbocycles. The lowest BCUT2D eigenvalue weighted by Crippen LogP contribution is -2.20. The minimum Gasteiger partial charge on any atom is -0.478 e. The smallest absolute Gasteiger partial charge is 0.348 e. The quantitative estimate of drug-likeness (QED) is 0.747. The Morgan fingerprint density at radius 3 is 3.00 bits per heavy atom. The van der Waals surface area contributed by atoms with Crippen LogP contribution in [-0.4, -0.2) is 27.9 Å². The van der Waals surface area contributed by atoms with E-state index in [2.05, 4.69) is 10.1 Å². The number of aliphatic carboxylic acids is 1. The number of oxime groups is 1. The van der Waals surface area contributed by atoms with Crippen LogP contribution in [0, 0.1) is 0 Å². The fourth-order valence-electron chi connectivity index (χ4n) is 1.19. The van der Waals surface area contributed by atoms with Crippen LogP contribution in [0.5, 0.6) is 0 Å². The maximum atomic E-state index is 10.6. The summed E-state index contributed by atoms with van der Waals surface area (Å²) in [5.74, 6) is -1.00. The van der Waals surface area contributed by atoms with Crippen LogP contribution >= 0.6 is 0 Å². The van der Waals surface area contributed by atoms with E-state index in [0.717, 1.165) is 0 Å². The molecular formula is C9H8N2O3. The molecule has 1 N–H and O–H groups in total. The summed E-state index contributed by atoms with van der Waals surface area (Å²) in [7, 11) is 0. The van der Waals surface area contributed by atoms with Gasteiger partial charge in [-0.05, 0) is 12.1 Å². The summed E-state index contributed by atoms with van der Waals surface area (Å²) < 4.78 is 0. The largest absolute Gasteiger partial charge is 0.478 e. The van der Waals surface area contributed by atoms with Crippen molar-refractivity contribution in [1.82, 2.24) is 4.98 Å². The van der Waals surface area contributed by atoms with Crippen molar-refractivity contribution in [2.24, 2.45) is 5.16 Å². The first-order valence-electron chi connectivity index (χ1n) is 4.14. The summed E-state index contributed by atoms with van der Waals surface area (Å²) in [5, 5.41) is 12.3. The summed E-state index contributed by atoms with van der Waals surface area (Å²) in [4.78, 5) is 19.3. The molecule has 0 bridgehead atoms. The third kappa shape index (κ3) is 1.56. The fourth-order valence-corrected chi connectivity index (χ4v) is 1.19. The minimum absolute atomic E-state index is 0.270. The number of carboxylic acid groups (broad SMARTS) is 1. The predicted molar refractivity (Wildman–Crippen MR) is 47.9 cm³/mol. The SMILES string of the molecule is O=C(O)C1CC(c2ccccn2)=NO1. The van der Waals surface area contributed by atoms with Gasteiger partial charge in [0, 0.05) is 12.6 Å². The fraction of sp³-hybridized carbons (Fsp3) is 0.222. The van der Waals surface area contributed by atoms with Gasteiger partial charge in [0.15, 0.2) is 0 Å². The second kappa shape index (κ2) is 3.45. The van der Waals surface area contributed by atoms with Crippen molar-refractivity contribution in [1.29, 1.82) is 0 Å². The molecule has 0 radical (unpaired) electrons. The summed E-state index contributed by atoms with van der Waals surface area (Å²) in [6.07, 6.45) is 1.03. The van der Waals surface area contributed by atoms with Crippen LogP contribution in [0.25, 0.3) is 0 Å². The molecule has 0 amide bonds. The predicted octanol–water partition coefficient (Wildman–Crippen LogP) is 0.659. The number of hydrogen-bond acceptors (Lipinski definition) is 4. The maximum Gasteiger partial charge on any atom is 0.348 e. The summed E-state index contributed by atoms with van der Waals surface area (Å²) in [5.41, 5.74) is 1.24. The summed E-state index contributed by atoms with van der Waals surface area (Å²) in [6, 6.07) is 5.37. The van der Waals surface area contributed by atoms with Crippen molar-refractivity contribution in [3.05, 3.63) is 30.1 Å². The minimum atomic E-state index is -1.00. The first-order valence-corrected chi connectivity index (χ1v) is 4.14. The van der Waals surface area contributed by atoms with E-state index >= 15 is 0 Å². The molecule has 5 heteroatoms. The molecule has 72 valence electrons.